The molecule has 3 aromatic rings. The van der Waals surface area contributed by atoms with Crippen LogP contribution in [-0.2, 0) is 23.9 Å². The second-order valence-corrected chi connectivity index (χ2v) is 8.78. The monoisotopic (exact) mass is 506 g/mol. The highest BCUT2D eigenvalue weighted by Gasteiger charge is 2.15. The zero-order valence-electron chi connectivity index (χ0n) is 19.3. The van der Waals surface area contributed by atoms with Gasteiger partial charge in [-0.1, -0.05) is 30.1 Å². The number of aromatic nitrogens is 3. The van der Waals surface area contributed by atoms with Crippen LogP contribution in [-0.4, -0.2) is 56.1 Å². The van der Waals surface area contributed by atoms with Crippen LogP contribution in [0.25, 0.3) is 0 Å². The molecular weight excluding hydrogens is 477 g/mol. The molecule has 0 amide bonds. The second-order valence-electron chi connectivity index (χ2n) is 7.98. The maximum absolute atomic E-state index is 13.3. The van der Waals surface area contributed by atoms with Gasteiger partial charge in [0.2, 0.25) is 0 Å². The number of nitrogens with one attached hydrogen (secondary N) is 1. The van der Waals surface area contributed by atoms with Crippen LogP contribution in [0.15, 0.2) is 55.0 Å². The van der Waals surface area contributed by atoms with Crippen LogP contribution in [0.1, 0.15) is 35.5 Å². The van der Waals surface area contributed by atoms with E-state index in [4.69, 9.17) is 13.7 Å². The Morgan fingerprint density at radius 2 is 1.76 bits per heavy atom. The number of hydrogen-bond acceptors (Lipinski definition) is 7. The topological polar surface area (TPSA) is 94.1 Å². The Morgan fingerprint density at radius 3 is 2.38 bits per heavy atom. The van der Waals surface area contributed by atoms with Crippen LogP contribution in [0, 0.1) is 5.82 Å². The molecule has 2 aromatic heterocycles. The van der Waals surface area contributed by atoms with Crippen molar-refractivity contribution in [2.24, 2.45) is 0 Å². The van der Waals surface area contributed by atoms with E-state index in [2.05, 4.69) is 39.2 Å². The van der Waals surface area contributed by atoms with E-state index < -0.39 is 11.1 Å². The number of pyridine rings is 1. The molecule has 1 aromatic carbocycles. The van der Waals surface area contributed by atoms with Crippen molar-refractivity contribution in [3.63, 3.8) is 0 Å². The molecule has 1 N–H and O–H groups in total. The number of piperazine rings is 1. The number of benzene rings is 1. The van der Waals surface area contributed by atoms with Gasteiger partial charge < -0.3 is 14.8 Å². The summed E-state index contributed by atoms with van der Waals surface area (Å²) >= 11 is -1.86. The molecule has 1 unspecified atom stereocenters. The van der Waals surface area contributed by atoms with Crippen LogP contribution >= 0.6 is 12.4 Å². The number of anilines is 1. The third-order valence-corrected chi connectivity index (χ3v) is 5.33. The fraction of sp³-hybridized carbons (Fsp3) is 0.375. The van der Waals surface area contributed by atoms with E-state index in [-0.39, 0.29) is 24.1 Å². The van der Waals surface area contributed by atoms with Crippen LogP contribution < -0.4 is 10.2 Å². The molecule has 7 nitrogen and oxygen atoms in total. The molecule has 0 saturated carbocycles. The van der Waals surface area contributed by atoms with Gasteiger partial charge in [0.25, 0.3) is 0 Å². The first-order valence-corrected chi connectivity index (χ1v) is 12.4. The van der Waals surface area contributed by atoms with Crippen molar-refractivity contribution in [3.8, 4) is 0 Å². The minimum absolute atomic E-state index is 0. The first kappa shape index (κ1) is 27.8. The van der Waals surface area contributed by atoms with Gasteiger partial charge in [0.1, 0.15) is 5.82 Å². The van der Waals surface area contributed by atoms with Gasteiger partial charge in [-0.25, -0.2) is 4.39 Å². The van der Waals surface area contributed by atoms with Gasteiger partial charge in [-0.05, 0) is 48.4 Å². The third-order valence-electron chi connectivity index (χ3n) is 5.33. The summed E-state index contributed by atoms with van der Waals surface area (Å²) in [6, 6.07) is 11.1. The van der Waals surface area contributed by atoms with E-state index in [1.807, 2.05) is 12.1 Å². The average Bonchev–Trinajstić information content (AvgIpc) is 2.80. The summed E-state index contributed by atoms with van der Waals surface area (Å²) in [5, 5.41) is 3.41. The molecular formula is C24H30ClFN5O2S-. The van der Waals surface area contributed by atoms with Crippen LogP contribution in [0.5, 0.6) is 0 Å². The summed E-state index contributed by atoms with van der Waals surface area (Å²) in [6.45, 7) is 6.12. The van der Waals surface area contributed by atoms with Crippen molar-refractivity contribution in [1.29, 1.82) is 0 Å². The van der Waals surface area contributed by atoms with Crippen molar-refractivity contribution in [2.45, 2.75) is 25.7 Å². The molecule has 3 heterocycles. The first-order valence-electron chi connectivity index (χ1n) is 10.9. The number of hydrogen-bond donors (Lipinski definition) is 1. The first-order chi connectivity index (χ1) is 15.9. The average molecular weight is 507 g/mol. The molecule has 34 heavy (non-hydrogen) atoms. The maximum Gasteiger partial charge on any atom is 0.123 e. The van der Waals surface area contributed by atoms with Crippen LogP contribution in [0.2, 0.25) is 0 Å². The highest BCUT2D eigenvalue weighted by atomic mass is 35.5. The van der Waals surface area contributed by atoms with E-state index in [1.54, 1.807) is 18.6 Å². The van der Waals surface area contributed by atoms with Crippen LogP contribution in [0.4, 0.5) is 10.1 Å². The molecule has 0 aliphatic carbocycles. The molecule has 184 valence electrons. The predicted molar refractivity (Wildman–Crippen MR) is 135 cm³/mol. The van der Waals surface area contributed by atoms with Crippen molar-refractivity contribution in [1.82, 2.24) is 20.3 Å². The fourth-order valence-corrected chi connectivity index (χ4v) is 3.76. The van der Waals surface area contributed by atoms with E-state index in [9.17, 15) is 4.39 Å². The van der Waals surface area contributed by atoms with Gasteiger partial charge in [-0.15, -0.1) is 12.4 Å². The quantitative estimate of drug-likeness (QED) is 0.513. The third kappa shape index (κ3) is 9.06. The molecule has 1 aliphatic heterocycles. The van der Waals surface area contributed by atoms with Gasteiger partial charge in [-0.3, -0.25) is 19.2 Å². The molecule has 2 atom stereocenters. The van der Waals surface area contributed by atoms with Crippen molar-refractivity contribution < 1.29 is 13.2 Å². The minimum Gasteiger partial charge on any atom is -0.773 e. The Kier molecular flexibility index (Phi) is 11.5. The predicted octanol–water partition coefficient (Wildman–Crippen LogP) is 3.27. The van der Waals surface area contributed by atoms with Crippen LogP contribution in [0.3, 0.4) is 0 Å². The Hall–Kier alpha value is -2.46. The highest BCUT2D eigenvalue weighted by Crippen LogP contribution is 2.24. The Bertz CT molecular complexity index is 1030. The molecule has 1 saturated heterocycles. The van der Waals surface area contributed by atoms with Gasteiger partial charge in [-0.2, -0.15) is 0 Å². The largest absolute Gasteiger partial charge is 0.773 e. The smallest absolute Gasteiger partial charge is 0.123 e. The van der Waals surface area contributed by atoms with E-state index in [0.29, 0.717) is 6.42 Å². The molecule has 1 aliphatic rings. The van der Waals surface area contributed by atoms with Gasteiger partial charge in [0.05, 0.1) is 5.69 Å². The van der Waals surface area contributed by atoms with E-state index in [1.165, 1.54) is 17.8 Å². The van der Waals surface area contributed by atoms with Gasteiger partial charge >= 0.3 is 0 Å². The highest BCUT2D eigenvalue weighted by molar-refractivity contribution is 7.78. The lowest BCUT2D eigenvalue weighted by molar-refractivity contribution is 0.543. The number of nitrogens with zero attached hydrogens (tertiary/aromatic N) is 4. The zero-order chi connectivity index (χ0) is 23.6. The minimum atomic E-state index is -1.86. The maximum atomic E-state index is 13.3. The van der Waals surface area contributed by atoms with Crippen molar-refractivity contribution in [3.05, 3.63) is 83.5 Å². The summed E-state index contributed by atoms with van der Waals surface area (Å²) in [4.78, 5) is 15.9. The summed E-state index contributed by atoms with van der Waals surface area (Å²) < 4.78 is 31.3. The number of halogens is 2. The molecule has 1 fully saturated rings. The fourth-order valence-electron chi connectivity index (χ4n) is 3.76. The van der Waals surface area contributed by atoms with E-state index >= 15 is 0 Å². The summed E-state index contributed by atoms with van der Waals surface area (Å²) in [5.41, 5.74) is 5.30. The van der Waals surface area contributed by atoms with Crippen molar-refractivity contribution >= 4 is 29.2 Å². The molecule has 4 rings (SSSR count). The Balaban J connectivity index is 0.000000758. The number of rotatable bonds is 6. The lowest BCUT2D eigenvalue weighted by atomic mass is 9.95. The summed E-state index contributed by atoms with van der Waals surface area (Å²) in [7, 11) is 0. The van der Waals surface area contributed by atoms with E-state index in [0.717, 1.165) is 61.5 Å². The summed E-state index contributed by atoms with van der Waals surface area (Å²) in [6.07, 6.45) is 7.74. The Labute approximate surface area is 208 Å². The molecule has 0 spiro atoms. The lowest BCUT2D eigenvalue weighted by Gasteiger charge is -2.30. The second kappa shape index (κ2) is 14.1. The van der Waals surface area contributed by atoms with Crippen molar-refractivity contribution in [2.75, 3.05) is 37.3 Å². The lowest BCUT2D eigenvalue weighted by Crippen LogP contribution is -2.43. The summed E-state index contributed by atoms with van der Waals surface area (Å²) in [5.74, 6) is 0.0526. The normalized spacial score (nSPS) is 14.9. The zero-order valence-corrected chi connectivity index (χ0v) is 20.9. The SMILES string of the molecule is CS(=O)[O-].C[C@H](Cc1cc(N2CCNCC2)cc(Cc2cnccn2)n1)c1ccc(F)cc1.Cl. The standard InChI is InChI=1S/C23H26FN5.CH4O2S.ClH/c1-17(18-2-4-19(24)5-3-18)12-20-14-23(29-10-8-25-9-11-29)15-21(28-20)13-22-16-26-6-7-27-22;1-4(2)3;/h2-7,14-17,25H,8-13H2,1H3;1H3,(H,2,3);1H/p-1/t17-;;/m1../s1. The molecule has 0 bridgehead atoms. The molecule has 10 heteroatoms. The van der Waals surface area contributed by atoms with Gasteiger partial charge in [0.15, 0.2) is 0 Å². The molecule has 0 radical (unpaired) electrons. The van der Waals surface area contributed by atoms with Gasteiger partial charge in [0, 0.05) is 68.3 Å². The Morgan fingerprint density at radius 1 is 1.12 bits per heavy atom.